The number of imidazole rings is 1. The molecule has 0 unspecified atom stereocenters. The number of hydrogen-bond acceptors (Lipinski definition) is 7. The van der Waals surface area contributed by atoms with Crippen molar-refractivity contribution >= 4 is 34.6 Å². The number of thioether (sulfide) groups is 1. The minimum atomic E-state index is -0.206. The second kappa shape index (κ2) is 6.73. The van der Waals surface area contributed by atoms with E-state index in [0.29, 0.717) is 22.4 Å². The van der Waals surface area contributed by atoms with Crippen molar-refractivity contribution in [2.24, 2.45) is 0 Å². The van der Waals surface area contributed by atoms with Crippen molar-refractivity contribution in [2.45, 2.75) is 5.22 Å². The lowest BCUT2D eigenvalue weighted by Gasteiger charge is -2.05. The Hall–Kier alpha value is -3.20. The van der Waals surface area contributed by atoms with E-state index in [1.54, 1.807) is 29.4 Å². The molecule has 8 nitrogen and oxygen atoms in total. The Kier molecular flexibility index (Phi) is 4.13. The van der Waals surface area contributed by atoms with E-state index in [2.05, 4.69) is 25.3 Å². The van der Waals surface area contributed by atoms with Crippen molar-refractivity contribution in [1.82, 2.24) is 24.5 Å². The fourth-order valence-electron chi connectivity index (χ4n) is 2.17. The number of carbonyl (C=O) groups excluding carboxylic acids is 1. The quantitative estimate of drug-likeness (QED) is 0.551. The minimum Gasteiger partial charge on any atom is -0.431 e. The largest absolute Gasteiger partial charge is 0.431 e. The lowest BCUT2D eigenvalue weighted by Crippen LogP contribution is -2.15. The highest BCUT2D eigenvalue weighted by Gasteiger charge is 2.10. The molecule has 0 bridgehead atoms. The summed E-state index contributed by atoms with van der Waals surface area (Å²) < 4.78 is 7.30. The first-order chi connectivity index (χ1) is 12.3. The van der Waals surface area contributed by atoms with Crippen molar-refractivity contribution < 1.29 is 9.21 Å². The number of nitrogens with one attached hydrogen (secondary N) is 1. The van der Waals surface area contributed by atoms with Crippen LogP contribution in [0.25, 0.3) is 16.9 Å². The van der Waals surface area contributed by atoms with Gasteiger partial charge in [-0.1, -0.05) is 23.9 Å². The van der Waals surface area contributed by atoms with E-state index in [0.717, 1.165) is 5.52 Å². The number of aromatic nitrogens is 5. The van der Waals surface area contributed by atoms with Crippen LogP contribution in [0.5, 0.6) is 0 Å². The van der Waals surface area contributed by atoms with Gasteiger partial charge in [-0.15, -0.1) is 0 Å². The molecule has 0 fully saturated rings. The molecule has 0 aliphatic carbocycles. The molecule has 124 valence electrons. The average molecular weight is 352 g/mol. The second-order valence-electron chi connectivity index (χ2n) is 5.02. The number of fused-ring (bicyclic) bond motifs is 1. The Balaban J connectivity index is 1.39. The zero-order valence-electron chi connectivity index (χ0n) is 12.9. The number of amides is 1. The van der Waals surface area contributed by atoms with Gasteiger partial charge in [-0.05, 0) is 12.1 Å². The summed E-state index contributed by atoms with van der Waals surface area (Å²) >= 11 is 1.23. The number of oxazole rings is 1. The van der Waals surface area contributed by atoms with Gasteiger partial charge < -0.3 is 9.73 Å². The third kappa shape index (κ3) is 3.50. The molecule has 3 aromatic heterocycles. The maximum absolute atomic E-state index is 12.1. The zero-order chi connectivity index (χ0) is 17.1. The van der Waals surface area contributed by atoms with E-state index in [4.69, 9.17) is 4.42 Å². The first-order valence-electron chi connectivity index (χ1n) is 7.36. The summed E-state index contributed by atoms with van der Waals surface area (Å²) in [6.45, 7) is 0. The van der Waals surface area contributed by atoms with Crippen LogP contribution in [0.4, 0.5) is 5.82 Å². The molecule has 0 saturated carbocycles. The molecule has 0 radical (unpaired) electrons. The Bertz CT molecular complexity index is 981. The third-order valence-corrected chi connectivity index (χ3v) is 4.12. The fourth-order valence-corrected chi connectivity index (χ4v) is 2.81. The van der Waals surface area contributed by atoms with Gasteiger partial charge in [0.1, 0.15) is 29.8 Å². The van der Waals surface area contributed by atoms with E-state index in [-0.39, 0.29) is 11.7 Å². The van der Waals surface area contributed by atoms with Crippen LogP contribution >= 0.6 is 11.8 Å². The summed E-state index contributed by atoms with van der Waals surface area (Å²) in [5.41, 5.74) is 1.47. The molecule has 0 spiro atoms. The maximum atomic E-state index is 12.1. The molecule has 0 aliphatic rings. The first-order valence-corrected chi connectivity index (χ1v) is 8.35. The van der Waals surface area contributed by atoms with Gasteiger partial charge in [-0.25, -0.2) is 19.9 Å². The van der Waals surface area contributed by atoms with Crippen LogP contribution in [0.2, 0.25) is 0 Å². The summed E-state index contributed by atoms with van der Waals surface area (Å²) in [7, 11) is 0. The van der Waals surface area contributed by atoms with Crippen LogP contribution in [0, 0.1) is 0 Å². The predicted octanol–water partition coefficient (Wildman–Crippen LogP) is 2.53. The van der Waals surface area contributed by atoms with E-state index in [9.17, 15) is 4.79 Å². The van der Waals surface area contributed by atoms with Gasteiger partial charge in [0.2, 0.25) is 5.91 Å². The fraction of sp³-hybridized carbons (Fsp3) is 0.0625. The van der Waals surface area contributed by atoms with E-state index < -0.39 is 0 Å². The number of rotatable bonds is 5. The van der Waals surface area contributed by atoms with Gasteiger partial charge in [0, 0.05) is 18.5 Å². The molecule has 1 N–H and O–H groups in total. The number of benzene rings is 1. The van der Waals surface area contributed by atoms with Crippen LogP contribution in [-0.4, -0.2) is 36.2 Å². The molecule has 9 heteroatoms. The van der Waals surface area contributed by atoms with Gasteiger partial charge in [-0.2, -0.15) is 0 Å². The maximum Gasteiger partial charge on any atom is 0.257 e. The minimum absolute atomic E-state index is 0.164. The van der Waals surface area contributed by atoms with Crippen LogP contribution in [0.1, 0.15) is 0 Å². The van der Waals surface area contributed by atoms with Gasteiger partial charge >= 0.3 is 0 Å². The highest BCUT2D eigenvalue weighted by molar-refractivity contribution is 7.99. The topological polar surface area (TPSA) is 98.7 Å². The number of anilines is 1. The smallest absolute Gasteiger partial charge is 0.257 e. The SMILES string of the molecule is O=C(CSc1nc2ccccc2o1)Nc1cc(-n2ccnc2)ncn1. The summed E-state index contributed by atoms with van der Waals surface area (Å²) in [6, 6.07) is 9.14. The standard InChI is InChI=1S/C16H12N6O2S/c23-15(8-25-16-20-11-3-1-2-4-12(11)24-16)21-13-7-14(19-9-18-13)22-6-5-17-10-22/h1-7,9-10H,8H2,(H,18,19,21,23). The Morgan fingerprint density at radius 3 is 3.04 bits per heavy atom. The van der Waals surface area contributed by atoms with E-state index >= 15 is 0 Å². The lowest BCUT2D eigenvalue weighted by molar-refractivity contribution is -0.113. The molecule has 1 aromatic carbocycles. The normalized spacial score (nSPS) is 10.9. The molecular formula is C16H12N6O2S. The molecule has 3 heterocycles. The molecular weight excluding hydrogens is 340 g/mol. The molecule has 4 aromatic rings. The highest BCUT2D eigenvalue weighted by atomic mass is 32.2. The highest BCUT2D eigenvalue weighted by Crippen LogP contribution is 2.23. The van der Waals surface area contributed by atoms with Crippen molar-refractivity contribution in [3.8, 4) is 5.82 Å². The first kappa shape index (κ1) is 15.3. The summed E-state index contributed by atoms with van der Waals surface area (Å²) in [5.74, 6) is 0.996. The number of nitrogens with zero attached hydrogens (tertiary/aromatic N) is 5. The zero-order valence-corrected chi connectivity index (χ0v) is 13.7. The van der Waals surface area contributed by atoms with Crippen molar-refractivity contribution in [2.75, 3.05) is 11.1 Å². The number of hydrogen-bond donors (Lipinski definition) is 1. The van der Waals surface area contributed by atoms with Crippen LogP contribution in [0.3, 0.4) is 0 Å². The Morgan fingerprint density at radius 2 is 2.20 bits per heavy atom. The van der Waals surface area contributed by atoms with Gasteiger partial charge in [0.05, 0.1) is 5.75 Å². The van der Waals surface area contributed by atoms with Crippen LogP contribution in [0.15, 0.2) is 65.0 Å². The van der Waals surface area contributed by atoms with Gasteiger partial charge in [0.15, 0.2) is 5.58 Å². The summed E-state index contributed by atoms with van der Waals surface area (Å²) in [4.78, 5) is 28.6. The van der Waals surface area contributed by atoms with Crippen molar-refractivity contribution in [1.29, 1.82) is 0 Å². The van der Waals surface area contributed by atoms with E-state index in [1.165, 1.54) is 18.1 Å². The molecule has 1 amide bonds. The number of carbonyl (C=O) groups is 1. The second-order valence-corrected chi connectivity index (χ2v) is 5.94. The van der Waals surface area contributed by atoms with Crippen LogP contribution < -0.4 is 5.32 Å². The van der Waals surface area contributed by atoms with Crippen LogP contribution in [-0.2, 0) is 4.79 Å². The molecule has 0 aliphatic heterocycles. The Morgan fingerprint density at radius 1 is 1.28 bits per heavy atom. The Labute approximate surface area is 146 Å². The van der Waals surface area contributed by atoms with Crippen molar-refractivity contribution in [3.63, 3.8) is 0 Å². The van der Waals surface area contributed by atoms with Gasteiger partial charge in [0.25, 0.3) is 5.22 Å². The lowest BCUT2D eigenvalue weighted by atomic mass is 10.3. The number of para-hydroxylation sites is 2. The third-order valence-electron chi connectivity index (χ3n) is 3.29. The monoisotopic (exact) mass is 352 g/mol. The molecule has 25 heavy (non-hydrogen) atoms. The molecule has 0 atom stereocenters. The summed E-state index contributed by atoms with van der Waals surface area (Å²) in [5, 5.41) is 3.19. The van der Waals surface area contributed by atoms with Crippen molar-refractivity contribution in [3.05, 3.63) is 55.4 Å². The molecule has 0 saturated heterocycles. The average Bonchev–Trinajstić information content (AvgIpc) is 3.29. The van der Waals surface area contributed by atoms with E-state index in [1.807, 2.05) is 24.3 Å². The summed E-state index contributed by atoms with van der Waals surface area (Å²) in [6.07, 6.45) is 6.42. The van der Waals surface area contributed by atoms with Gasteiger partial charge in [-0.3, -0.25) is 9.36 Å². The predicted molar refractivity (Wildman–Crippen MR) is 92.5 cm³/mol. The molecule has 4 rings (SSSR count).